The summed E-state index contributed by atoms with van der Waals surface area (Å²) in [7, 11) is 0. The molecule has 5 nitrogen and oxygen atoms in total. The Morgan fingerprint density at radius 2 is 1.93 bits per heavy atom. The third-order valence-corrected chi connectivity index (χ3v) is 6.59. The van der Waals surface area contributed by atoms with E-state index in [2.05, 4.69) is 10.2 Å². The Morgan fingerprint density at radius 3 is 2.63 bits per heavy atom. The van der Waals surface area contributed by atoms with E-state index < -0.39 is 5.97 Å². The zero-order valence-corrected chi connectivity index (χ0v) is 17.1. The van der Waals surface area contributed by atoms with Crippen LogP contribution in [0.4, 0.5) is 0 Å². The molecule has 0 aliphatic heterocycles. The summed E-state index contributed by atoms with van der Waals surface area (Å²) in [4.78, 5) is 11.4. The lowest BCUT2D eigenvalue weighted by Crippen LogP contribution is -1.97. The van der Waals surface area contributed by atoms with E-state index >= 15 is 0 Å². The molecular formula is C17H8Cl3N3O2S2. The second-order valence-corrected chi connectivity index (χ2v) is 8.18. The van der Waals surface area contributed by atoms with Crippen molar-refractivity contribution in [2.45, 2.75) is 0 Å². The molecule has 0 fully saturated rings. The first kappa shape index (κ1) is 18.5. The first-order valence-corrected chi connectivity index (χ1v) is 9.81. The van der Waals surface area contributed by atoms with Crippen LogP contribution in [-0.2, 0) is 0 Å². The molecule has 0 aliphatic carbocycles. The second kappa shape index (κ2) is 6.92. The predicted molar refractivity (Wildman–Crippen MR) is 112 cm³/mol. The van der Waals surface area contributed by atoms with Gasteiger partial charge in [-0.05, 0) is 48.6 Å². The topological polar surface area (TPSA) is 70.9 Å². The van der Waals surface area contributed by atoms with E-state index in [1.165, 1.54) is 0 Å². The Labute approximate surface area is 176 Å². The summed E-state index contributed by atoms with van der Waals surface area (Å²) in [5, 5.41) is 18.0. The number of carboxylic acid groups (broad SMARTS) is 1. The van der Waals surface area contributed by atoms with Crippen molar-refractivity contribution in [1.29, 1.82) is 0 Å². The quantitative estimate of drug-likeness (QED) is 0.347. The van der Waals surface area contributed by atoms with Gasteiger partial charge in [-0.1, -0.05) is 34.8 Å². The maximum absolute atomic E-state index is 11.3. The van der Waals surface area contributed by atoms with Crippen LogP contribution in [-0.4, -0.2) is 25.8 Å². The molecule has 4 rings (SSSR count). The van der Waals surface area contributed by atoms with Gasteiger partial charge in [0.2, 0.25) is 0 Å². The van der Waals surface area contributed by atoms with Gasteiger partial charge in [-0.3, -0.25) is 9.67 Å². The number of carbonyl (C=O) groups is 1. The number of nitrogens with zero attached hydrogens (tertiary/aromatic N) is 2. The van der Waals surface area contributed by atoms with E-state index in [4.69, 9.17) is 47.0 Å². The minimum absolute atomic E-state index is 0.101. The normalized spacial score (nSPS) is 11.2. The van der Waals surface area contributed by atoms with Crippen molar-refractivity contribution in [2.24, 2.45) is 0 Å². The molecule has 0 atom stereocenters. The molecule has 0 saturated carbocycles. The van der Waals surface area contributed by atoms with Crippen LogP contribution < -0.4 is 0 Å². The fourth-order valence-electron chi connectivity index (χ4n) is 2.70. The molecule has 2 aromatic carbocycles. The van der Waals surface area contributed by atoms with Crippen molar-refractivity contribution in [2.75, 3.05) is 0 Å². The van der Waals surface area contributed by atoms with Crippen LogP contribution in [0.2, 0.25) is 15.1 Å². The van der Waals surface area contributed by atoms with Crippen molar-refractivity contribution in [3.63, 3.8) is 0 Å². The minimum atomic E-state index is -1.06. The Bertz CT molecular complexity index is 1280. The Hall–Kier alpha value is -1.90. The average Bonchev–Trinajstić information content (AvgIpc) is 3.18. The molecular weight excluding hydrogens is 449 g/mol. The lowest BCUT2D eigenvalue weighted by Gasteiger charge is -2.08. The molecule has 136 valence electrons. The largest absolute Gasteiger partial charge is 0.477 e. The lowest BCUT2D eigenvalue weighted by molar-refractivity contribution is 0.0702. The number of fused-ring (bicyclic) bond motifs is 1. The van der Waals surface area contributed by atoms with Gasteiger partial charge >= 0.3 is 5.97 Å². The number of halogens is 3. The average molecular weight is 457 g/mol. The van der Waals surface area contributed by atoms with Gasteiger partial charge in [0.05, 0.1) is 20.8 Å². The maximum atomic E-state index is 11.3. The van der Waals surface area contributed by atoms with E-state index in [0.29, 0.717) is 31.7 Å². The van der Waals surface area contributed by atoms with Crippen LogP contribution >= 0.6 is 58.4 Å². The molecule has 2 heterocycles. The van der Waals surface area contributed by atoms with E-state index in [1.54, 1.807) is 34.9 Å². The van der Waals surface area contributed by atoms with Gasteiger partial charge in [-0.25, -0.2) is 4.79 Å². The third-order valence-electron chi connectivity index (χ3n) is 3.91. The van der Waals surface area contributed by atoms with Crippen LogP contribution in [0, 0.1) is 4.77 Å². The number of thiophene rings is 1. The summed E-state index contributed by atoms with van der Waals surface area (Å²) < 4.78 is 2.87. The standard InChI is InChI=1S/C17H8Cl3N3O2S2/c18-10-3-1-7(5-11(10)19)15-21-22-17(26)23(15)8-2-4-12-9(6-8)13(20)14(27-12)16(24)25/h1-6H,(H,22,26)(H,24,25). The molecule has 27 heavy (non-hydrogen) atoms. The molecule has 0 radical (unpaired) electrons. The fourth-order valence-corrected chi connectivity index (χ4v) is 4.56. The van der Waals surface area contributed by atoms with Gasteiger partial charge in [-0.15, -0.1) is 11.3 Å². The fraction of sp³-hybridized carbons (Fsp3) is 0. The van der Waals surface area contributed by atoms with Crippen molar-refractivity contribution in [3.8, 4) is 17.1 Å². The van der Waals surface area contributed by atoms with Crippen molar-refractivity contribution < 1.29 is 9.90 Å². The summed E-state index contributed by atoms with van der Waals surface area (Å²) in [6.45, 7) is 0. The number of hydrogen-bond donors (Lipinski definition) is 2. The Morgan fingerprint density at radius 1 is 1.15 bits per heavy atom. The summed E-state index contributed by atoms with van der Waals surface area (Å²) in [5.41, 5.74) is 1.42. The molecule has 2 N–H and O–H groups in total. The van der Waals surface area contributed by atoms with Crippen LogP contribution in [0.15, 0.2) is 36.4 Å². The number of carboxylic acids is 1. The van der Waals surface area contributed by atoms with Crippen LogP contribution in [0.5, 0.6) is 0 Å². The van der Waals surface area contributed by atoms with Crippen LogP contribution in [0.3, 0.4) is 0 Å². The maximum Gasteiger partial charge on any atom is 0.347 e. The number of hydrogen-bond acceptors (Lipinski definition) is 4. The Kier molecular flexibility index (Phi) is 4.73. The highest BCUT2D eigenvalue weighted by molar-refractivity contribution is 7.71. The molecule has 0 amide bonds. The first-order valence-electron chi connectivity index (χ1n) is 7.45. The molecule has 0 spiro atoms. The third kappa shape index (κ3) is 3.15. The van der Waals surface area contributed by atoms with E-state index in [0.717, 1.165) is 21.6 Å². The van der Waals surface area contributed by atoms with Gasteiger partial charge < -0.3 is 5.11 Å². The van der Waals surface area contributed by atoms with Crippen molar-refractivity contribution >= 4 is 74.4 Å². The van der Waals surface area contributed by atoms with Gasteiger partial charge in [0.1, 0.15) is 4.88 Å². The number of benzene rings is 2. The highest BCUT2D eigenvalue weighted by atomic mass is 35.5. The SMILES string of the molecule is O=C(O)c1sc2ccc(-n3c(-c4ccc(Cl)c(Cl)c4)n[nH]c3=S)cc2c1Cl. The second-order valence-electron chi connectivity index (χ2n) is 5.55. The van der Waals surface area contributed by atoms with Gasteiger partial charge in [0.15, 0.2) is 10.6 Å². The number of aromatic nitrogens is 3. The van der Waals surface area contributed by atoms with Crippen LogP contribution in [0.1, 0.15) is 9.67 Å². The minimum Gasteiger partial charge on any atom is -0.477 e. The van der Waals surface area contributed by atoms with Gasteiger partial charge in [0.25, 0.3) is 0 Å². The number of aromatic carboxylic acids is 1. The van der Waals surface area contributed by atoms with E-state index in [-0.39, 0.29) is 9.90 Å². The summed E-state index contributed by atoms with van der Waals surface area (Å²) in [5.74, 6) is -0.512. The van der Waals surface area contributed by atoms with Crippen LogP contribution in [0.25, 0.3) is 27.2 Å². The summed E-state index contributed by atoms with van der Waals surface area (Å²) in [6, 6.07) is 10.6. The van der Waals surface area contributed by atoms with E-state index in [9.17, 15) is 9.90 Å². The lowest BCUT2D eigenvalue weighted by atomic mass is 10.2. The van der Waals surface area contributed by atoms with Crippen molar-refractivity contribution in [1.82, 2.24) is 14.8 Å². The molecule has 0 unspecified atom stereocenters. The summed E-state index contributed by atoms with van der Waals surface area (Å²) >= 11 is 24.9. The van der Waals surface area contributed by atoms with Gasteiger partial charge in [0, 0.05) is 15.6 Å². The molecule has 0 aliphatic rings. The zero-order valence-electron chi connectivity index (χ0n) is 13.2. The van der Waals surface area contributed by atoms with Crippen molar-refractivity contribution in [3.05, 3.63) is 61.1 Å². The molecule has 0 bridgehead atoms. The van der Waals surface area contributed by atoms with E-state index in [1.807, 2.05) is 6.07 Å². The summed E-state index contributed by atoms with van der Waals surface area (Å²) in [6.07, 6.45) is 0. The zero-order chi connectivity index (χ0) is 19.3. The highest BCUT2D eigenvalue weighted by Gasteiger charge is 2.18. The number of rotatable bonds is 3. The molecule has 10 heteroatoms. The highest BCUT2D eigenvalue weighted by Crippen LogP contribution is 2.37. The van der Waals surface area contributed by atoms with Gasteiger partial charge in [-0.2, -0.15) is 5.10 Å². The number of nitrogens with one attached hydrogen (secondary N) is 1. The number of aromatic amines is 1. The smallest absolute Gasteiger partial charge is 0.347 e. The predicted octanol–water partition coefficient (Wildman–Crippen LogP) is 6.47. The molecule has 0 saturated heterocycles. The molecule has 2 aromatic heterocycles. The monoisotopic (exact) mass is 455 g/mol. The number of H-pyrrole nitrogens is 1. The first-order chi connectivity index (χ1) is 12.9. The Balaban J connectivity index is 1.93. The molecule has 4 aromatic rings.